The van der Waals surface area contributed by atoms with E-state index >= 15 is 0 Å². The third-order valence-electron chi connectivity index (χ3n) is 11.5. The Morgan fingerprint density at radius 3 is 1.61 bits per heavy atom. The number of anilines is 4. The number of urea groups is 2. The van der Waals surface area contributed by atoms with E-state index in [0.29, 0.717) is 53.3 Å². The van der Waals surface area contributed by atoms with Crippen LogP contribution in [0.15, 0.2) is 103 Å². The first-order chi connectivity index (χ1) is 33.9. The number of esters is 1. The van der Waals surface area contributed by atoms with Crippen LogP contribution in [-0.4, -0.2) is 145 Å². The van der Waals surface area contributed by atoms with Crippen LogP contribution in [0.3, 0.4) is 0 Å². The molecule has 2 fully saturated rings. The number of hydrogen-bond acceptors (Lipinski definition) is 12. The van der Waals surface area contributed by atoms with Crippen molar-refractivity contribution in [2.45, 2.75) is 0 Å². The van der Waals surface area contributed by atoms with Crippen LogP contribution in [0.4, 0.5) is 36.7 Å². The Hall–Kier alpha value is -6.74. The number of nitrogens with one attached hydrogen (secondary N) is 5. The first-order valence-corrected chi connectivity index (χ1v) is 23.5. The Kier molecular flexibility index (Phi) is 18.4. The minimum atomic E-state index is -0.610. The summed E-state index contributed by atoms with van der Waals surface area (Å²) in [5.41, 5.74) is 5.17. The number of piperazine rings is 2. The van der Waals surface area contributed by atoms with Crippen molar-refractivity contribution in [2.75, 3.05) is 114 Å². The Balaban J connectivity index is 0.000000208. The molecule has 6 aromatic rings. The van der Waals surface area contributed by atoms with Crippen molar-refractivity contribution in [1.29, 1.82) is 0 Å². The van der Waals surface area contributed by atoms with Crippen LogP contribution in [-0.2, 0) is 23.6 Å². The largest absolute Gasteiger partial charge is 0.492 e. The van der Waals surface area contributed by atoms with Gasteiger partial charge in [0, 0.05) is 130 Å². The molecule has 4 aromatic carbocycles. The number of ether oxygens (including phenoxy) is 3. The minimum Gasteiger partial charge on any atom is -0.492 e. The maximum Gasteiger partial charge on any atom is 0.323 e. The lowest BCUT2D eigenvalue weighted by Gasteiger charge is -2.33. The van der Waals surface area contributed by atoms with Crippen molar-refractivity contribution in [3.63, 3.8) is 0 Å². The van der Waals surface area contributed by atoms with Crippen LogP contribution in [0.5, 0.6) is 11.5 Å². The number of hydrogen-bond donors (Lipinski definition) is 5. The molecular formula is C49H57Cl2FN12O6. The van der Waals surface area contributed by atoms with E-state index in [2.05, 4.69) is 51.5 Å². The van der Waals surface area contributed by atoms with E-state index in [1.165, 1.54) is 19.2 Å². The molecule has 0 bridgehead atoms. The third-order valence-corrected chi connectivity index (χ3v) is 12.0. The summed E-state index contributed by atoms with van der Waals surface area (Å²) in [5.74, 6) is 0.585. The zero-order valence-corrected chi connectivity index (χ0v) is 40.7. The van der Waals surface area contributed by atoms with Gasteiger partial charge in [-0.2, -0.15) is 10.2 Å². The smallest absolute Gasteiger partial charge is 0.323 e. The molecule has 4 amide bonds. The van der Waals surface area contributed by atoms with Crippen LogP contribution in [0.2, 0.25) is 10.0 Å². The fraction of sp³-hybridized carbons (Fsp3) is 0.327. The highest BCUT2D eigenvalue weighted by atomic mass is 35.5. The van der Waals surface area contributed by atoms with Crippen LogP contribution in [0.25, 0.3) is 22.5 Å². The van der Waals surface area contributed by atoms with Gasteiger partial charge >= 0.3 is 18.0 Å². The lowest BCUT2D eigenvalue weighted by molar-refractivity contribution is -0.142. The van der Waals surface area contributed by atoms with Gasteiger partial charge in [0.15, 0.2) is 0 Å². The molecule has 5 N–H and O–H groups in total. The number of methoxy groups -OCH3 is 1. The zero-order chi connectivity index (χ0) is 49.4. The fourth-order valence-electron chi connectivity index (χ4n) is 7.77. The highest BCUT2D eigenvalue weighted by Gasteiger charge is 2.20. The van der Waals surface area contributed by atoms with Crippen molar-refractivity contribution in [2.24, 2.45) is 14.1 Å². The molecule has 4 heterocycles. The van der Waals surface area contributed by atoms with E-state index < -0.39 is 11.8 Å². The molecule has 0 radical (unpaired) electrons. The minimum absolute atomic E-state index is 0.0385. The topological polar surface area (TPSA) is 184 Å². The summed E-state index contributed by atoms with van der Waals surface area (Å²) in [4.78, 5) is 43.2. The van der Waals surface area contributed by atoms with E-state index in [1.54, 1.807) is 52.1 Å². The van der Waals surface area contributed by atoms with Crippen molar-refractivity contribution >= 4 is 64.0 Å². The van der Waals surface area contributed by atoms with Crippen LogP contribution >= 0.6 is 23.2 Å². The molecule has 2 aliphatic heterocycles. The number of halogens is 3. The van der Waals surface area contributed by atoms with E-state index in [1.807, 2.05) is 56.6 Å². The van der Waals surface area contributed by atoms with Crippen molar-refractivity contribution in [1.82, 2.24) is 39.6 Å². The van der Waals surface area contributed by atoms with Crippen molar-refractivity contribution in [3.8, 4) is 34.0 Å². The normalized spacial score (nSPS) is 14.2. The summed E-state index contributed by atoms with van der Waals surface area (Å²) in [6.07, 6.45) is 3.43. The average molecular weight is 1000 g/mol. The van der Waals surface area contributed by atoms with Crippen LogP contribution in [0, 0.1) is 5.82 Å². The van der Waals surface area contributed by atoms with Gasteiger partial charge in [-0.15, -0.1) is 0 Å². The number of benzene rings is 4. The van der Waals surface area contributed by atoms with Gasteiger partial charge in [-0.1, -0.05) is 23.2 Å². The Morgan fingerprint density at radius 2 is 1.10 bits per heavy atom. The second kappa shape index (κ2) is 25.2. The SMILES string of the molecule is COC(=O)CN1CCN(CCOc2ccc(NC(=O)Nc3ccc(Cl)cc3)cc2-c2ccnn2C)CC1.Cn1nccc1-c1cc(NC(=O)Nc2ccc(Cl)cc2F)ccc1OCCN1CCNCC1. The van der Waals surface area contributed by atoms with Gasteiger partial charge in [-0.3, -0.25) is 28.9 Å². The lowest BCUT2D eigenvalue weighted by atomic mass is 10.1. The fourth-order valence-corrected chi connectivity index (χ4v) is 8.05. The van der Waals surface area contributed by atoms with Gasteiger partial charge in [-0.25, -0.2) is 14.0 Å². The second-order valence-electron chi connectivity index (χ2n) is 16.4. The molecular weight excluding hydrogens is 943 g/mol. The highest BCUT2D eigenvalue weighted by Crippen LogP contribution is 2.34. The number of rotatable bonds is 16. The molecule has 370 valence electrons. The number of aryl methyl sites for hydroxylation is 2. The number of aromatic nitrogens is 4. The molecule has 21 heteroatoms. The number of carbonyl (C=O) groups is 3. The molecule has 2 saturated heterocycles. The monoisotopic (exact) mass is 998 g/mol. The summed E-state index contributed by atoms with van der Waals surface area (Å²) in [5, 5.41) is 23.6. The first kappa shape index (κ1) is 51.1. The third kappa shape index (κ3) is 14.9. The van der Waals surface area contributed by atoms with Gasteiger partial charge in [0.25, 0.3) is 0 Å². The molecule has 0 aliphatic carbocycles. The molecule has 8 rings (SSSR count). The molecule has 0 saturated carbocycles. The molecule has 18 nitrogen and oxygen atoms in total. The summed E-state index contributed by atoms with van der Waals surface area (Å²) in [6.45, 7) is 10.3. The quantitative estimate of drug-likeness (QED) is 0.0609. The Labute approximate surface area is 415 Å². The summed E-state index contributed by atoms with van der Waals surface area (Å²) in [7, 11) is 5.12. The molecule has 70 heavy (non-hydrogen) atoms. The second-order valence-corrected chi connectivity index (χ2v) is 17.2. The average Bonchev–Trinajstić information content (AvgIpc) is 3.99. The van der Waals surface area contributed by atoms with Crippen molar-refractivity contribution in [3.05, 3.63) is 119 Å². The van der Waals surface area contributed by atoms with Crippen molar-refractivity contribution < 1.29 is 33.0 Å². The molecule has 0 spiro atoms. The predicted molar refractivity (Wildman–Crippen MR) is 271 cm³/mol. The molecule has 0 atom stereocenters. The van der Waals surface area contributed by atoms with Gasteiger partial charge in [-0.05, 0) is 91.0 Å². The lowest BCUT2D eigenvalue weighted by Crippen LogP contribution is -2.48. The van der Waals surface area contributed by atoms with Gasteiger partial charge in [0.1, 0.15) is 30.5 Å². The van der Waals surface area contributed by atoms with Gasteiger partial charge in [0.2, 0.25) is 0 Å². The maximum absolute atomic E-state index is 14.0. The van der Waals surface area contributed by atoms with E-state index in [9.17, 15) is 18.8 Å². The molecule has 2 aliphatic rings. The van der Waals surface area contributed by atoms with Gasteiger partial charge < -0.3 is 40.8 Å². The summed E-state index contributed by atoms with van der Waals surface area (Å²) >= 11 is 11.7. The summed E-state index contributed by atoms with van der Waals surface area (Å²) < 4.78 is 34.5. The summed E-state index contributed by atoms with van der Waals surface area (Å²) in [6, 6.07) is 24.7. The van der Waals surface area contributed by atoms with Crippen LogP contribution in [0.1, 0.15) is 0 Å². The number of carbonyl (C=O) groups excluding carboxylic acids is 3. The zero-order valence-electron chi connectivity index (χ0n) is 39.2. The number of amides is 4. The molecule has 2 aromatic heterocycles. The van der Waals surface area contributed by atoms with Crippen LogP contribution < -0.4 is 36.1 Å². The van der Waals surface area contributed by atoms with E-state index in [0.717, 1.165) is 94.0 Å². The molecule has 0 unspecified atom stereocenters. The van der Waals surface area contributed by atoms with E-state index in [4.69, 9.17) is 37.4 Å². The van der Waals surface area contributed by atoms with Gasteiger partial charge in [0.05, 0.1) is 30.7 Å². The Bertz CT molecular complexity index is 2690. The predicted octanol–water partition coefficient (Wildman–Crippen LogP) is 7.36. The Morgan fingerprint density at radius 1 is 0.614 bits per heavy atom. The van der Waals surface area contributed by atoms with E-state index in [-0.39, 0.29) is 22.7 Å². The first-order valence-electron chi connectivity index (χ1n) is 22.7. The number of nitrogens with zero attached hydrogens (tertiary/aromatic N) is 7. The standard InChI is InChI=1S/C26H31ClN6O4.C23H26ClFN6O2/c1-31-23(9-10-28-31)22-17-21(30-26(35)29-20-5-3-19(27)4-6-20)7-8-24(22)37-16-15-32-11-13-33(14-12-32)18-25(34)36-2;1-30-21(6-7-27-30)18-15-17(28-23(32)29-20-4-2-16(24)14-19(20)25)3-5-22(18)33-13-12-31-10-8-26-9-11-31/h3-10,17H,11-16,18H2,1-2H3,(H2,29,30,35);2-7,14-15,26H,8-13H2,1H3,(H2,28,29,32). The highest BCUT2D eigenvalue weighted by molar-refractivity contribution is 6.31. The maximum atomic E-state index is 14.0.